The lowest BCUT2D eigenvalue weighted by Crippen LogP contribution is -2.60. The minimum atomic E-state index is -0.876. The fraction of sp³-hybridized carbons (Fsp3) is 0.974. The van der Waals surface area contributed by atoms with Crippen LogP contribution in [0.2, 0.25) is 0 Å². The molecule has 49 heavy (non-hydrogen) atoms. The lowest BCUT2D eigenvalue weighted by molar-refractivity contribution is -0.311. The van der Waals surface area contributed by atoms with E-state index in [1.54, 1.807) is 7.11 Å². The largest absolute Gasteiger partial charge is 0.462 e. The number of hydrogen-bond acceptors (Lipinski definition) is 10. The summed E-state index contributed by atoms with van der Waals surface area (Å²) in [5.74, 6) is -0.606. The molecule has 0 aromatic rings. The van der Waals surface area contributed by atoms with E-state index in [0.29, 0.717) is 12.8 Å². The molecule has 0 radical (unpaired) electrons. The highest BCUT2D eigenvalue weighted by atomic mass is 16.7. The van der Waals surface area contributed by atoms with E-state index >= 15 is 0 Å². The van der Waals surface area contributed by atoms with Crippen molar-refractivity contribution in [3.05, 3.63) is 0 Å². The van der Waals surface area contributed by atoms with E-state index in [4.69, 9.17) is 33.2 Å². The maximum Gasteiger partial charge on any atom is 0.311 e. The Bertz CT molecular complexity index is 1060. The van der Waals surface area contributed by atoms with Crippen LogP contribution in [0, 0.1) is 29.6 Å². The van der Waals surface area contributed by atoms with Gasteiger partial charge in [0.25, 0.3) is 0 Å². The summed E-state index contributed by atoms with van der Waals surface area (Å²) in [5.41, 5.74) is -1.16. The molecule has 17 atom stereocenters. The number of fused-ring (bicyclic) bond motifs is 2. The summed E-state index contributed by atoms with van der Waals surface area (Å²) in [6.07, 6.45) is 1.38. The quantitative estimate of drug-likeness (QED) is 0.274. The molecule has 4 fully saturated rings. The molecule has 4 saturated heterocycles. The molecule has 4 heterocycles. The van der Waals surface area contributed by atoms with Gasteiger partial charge >= 0.3 is 5.97 Å². The second-order valence-electron chi connectivity index (χ2n) is 17.0. The third-order valence-corrected chi connectivity index (χ3v) is 12.3. The summed E-state index contributed by atoms with van der Waals surface area (Å²) in [4.78, 5) is 16.3. The van der Waals surface area contributed by atoms with Crippen LogP contribution in [0.15, 0.2) is 0 Å². The molecule has 0 aromatic heterocycles. The number of hydrogen-bond donors (Lipinski definition) is 1. The maximum absolute atomic E-state index is 14.1. The van der Waals surface area contributed by atoms with Gasteiger partial charge in [-0.15, -0.1) is 0 Å². The molecule has 10 nitrogen and oxygen atoms in total. The fourth-order valence-corrected chi connectivity index (χ4v) is 9.71. The van der Waals surface area contributed by atoms with Crippen molar-refractivity contribution < 1.29 is 43.1 Å². The monoisotopic (exact) mass is 698 g/mol. The Kier molecular flexibility index (Phi) is 14.1. The third-order valence-electron chi connectivity index (χ3n) is 12.3. The summed E-state index contributed by atoms with van der Waals surface area (Å²) in [6, 6.07) is -0.111. The highest BCUT2D eigenvalue weighted by Crippen LogP contribution is 2.47. The number of likely N-dealkylation sites (N-methyl/N-ethyl adjacent to an activating group) is 1. The van der Waals surface area contributed by atoms with Crippen molar-refractivity contribution in [1.29, 1.82) is 0 Å². The summed E-state index contributed by atoms with van der Waals surface area (Å²) < 4.78 is 46.2. The van der Waals surface area contributed by atoms with E-state index < -0.39 is 48.0 Å². The lowest BCUT2D eigenvalue weighted by Gasteiger charge is -2.48. The molecule has 0 saturated carbocycles. The van der Waals surface area contributed by atoms with Crippen LogP contribution in [0.5, 0.6) is 0 Å². The second-order valence-corrected chi connectivity index (χ2v) is 17.0. The summed E-state index contributed by atoms with van der Waals surface area (Å²) in [5, 5.41) is 11.8. The Morgan fingerprint density at radius 2 is 1.59 bits per heavy atom. The fourth-order valence-electron chi connectivity index (χ4n) is 9.71. The first-order chi connectivity index (χ1) is 22.9. The molecule has 2 bridgehead atoms. The summed E-state index contributed by atoms with van der Waals surface area (Å²) in [7, 11) is 3.79. The number of methoxy groups -OCH3 is 1. The van der Waals surface area contributed by atoms with Gasteiger partial charge in [-0.1, -0.05) is 41.5 Å². The van der Waals surface area contributed by atoms with Gasteiger partial charge in [-0.2, -0.15) is 0 Å². The highest BCUT2D eigenvalue weighted by molar-refractivity contribution is 5.73. The van der Waals surface area contributed by atoms with Crippen molar-refractivity contribution in [1.82, 2.24) is 4.90 Å². The van der Waals surface area contributed by atoms with Gasteiger partial charge in [0, 0.05) is 31.9 Å². The van der Waals surface area contributed by atoms with Crippen LogP contribution in [-0.2, 0) is 38.0 Å². The normalized spacial score (nSPS) is 48.8. The molecule has 0 aromatic carbocycles. The maximum atomic E-state index is 14.1. The molecule has 0 aliphatic carbocycles. The number of aliphatic hydroxyl groups is 1. The summed E-state index contributed by atoms with van der Waals surface area (Å²) >= 11 is 0. The molecule has 4 aliphatic rings. The number of ether oxygens (including phenoxy) is 7. The van der Waals surface area contributed by atoms with Gasteiger partial charge in [-0.05, 0) is 98.1 Å². The van der Waals surface area contributed by atoms with Crippen LogP contribution in [-0.4, -0.2) is 109 Å². The van der Waals surface area contributed by atoms with Crippen molar-refractivity contribution in [2.24, 2.45) is 29.6 Å². The SMILES string of the molecule is CCCN(C)[C@H]1C[C@@H](C)O[C@@H](O[C@@H]2[C@@H](C)[C@H](O[C@H]3C[C@@](C)(OC)C[C@H](C)O3)[C@@H](C)C(=O)O[C@H](CC)[C@H](C)C[C@@H](C)[C@H]3O[C@]2(C)C[C@H]3C)[C@@H]1O. The van der Waals surface area contributed by atoms with E-state index in [1.807, 2.05) is 20.8 Å². The molecule has 0 amide bonds. The minimum absolute atomic E-state index is 0.000924. The first kappa shape index (κ1) is 40.9. The van der Waals surface area contributed by atoms with Crippen LogP contribution in [0.1, 0.15) is 121 Å². The van der Waals surface area contributed by atoms with Gasteiger partial charge < -0.3 is 43.2 Å². The van der Waals surface area contributed by atoms with Gasteiger partial charge in [0.1, 0.15) is 12.2 Å². The zero-order chi connectivity index (χ0) is 36.4. The number of carbonyl (C=O) groups excluding carboxylic acids is 1. The van der Waals surface area contributed by atoms with Crippen molar-refractivity contribution in [3.8, 4) is 0 Å². The molecule has 286 valence electrons. The third kappa shape index (κ3) is 9.39. The number of carbonyl (C=O) groups is 1. The smallest absolute Gasteiger partial charge is 0.311 e. The lowest BCUT2D eigenvalue weighted by atomic mass is 9.77. The molecule has 0 unspecified atom stereocenters. The standard InChI is InChI=1S/C39H71NO9/c1-14-16-40(12)29-18-25(6)45-37(32(29)41)48-35-27(8)34(47-31-21-38(10,43-13)20-26(7)44-31)28(9)36(42)46-30(15-2)22(3)17-23(4)33-24(5)19-39(35,11)49-33/h22-35,37,41H,14-21H2,1-13H3/t22-,23-,24-,25-,26+,27+,28-,29+,30-,31+,32-,33-,34+,35-,37+,38+,39-/m1/s1. The predicted molar refractivity (Wildman–Crippen MR) is 189 cm³/mol. The summed E-state index contributed by atoms with van der Waals surface area (Å²) in [6.45, 7) is 24.1. The van der Waals surface area contributed by atoms with Crippen molar-refractivity contribution in [2.75, 3.05) is 20.7 Å². The molecule has 0 spiro atoms. The molecule has 1 N–H and O–H groups in total. The molecule has 4 aliphatic heterocycles. The van der Waals surface area contributed by atoms with Gasteiger partial charge in [-0.3, -0.25) is 4.79 Å². The zero-order valence-electron chi connectivity index (χ0n) is 33.0. The van der Waals surface area contributed by atoms with Crippen LogP contribution in [0.3, 0.4) is 0 Å². The van der Waals surface area contributed by atoms with E-state index in [9.17, 15) is 9.90 Å². The first-order valence-corrected chi connectivity index (χ1v) is 19.4. The van der Waals surface area contributed by atoms with Gasteiger partial charge in [0.15, 0.2) is 12.6 Å². The topological polar surface area (TPSA) is 105 Å². The molecular weight excluding hydrogens is 626 g/mol. The average molecular weight is 698 g/mol. The van der Waals surface area contributed by atoms with Crippen LogP contribution >= 0.6 is 0 Å². The number of cyclic esters (lactones) is 1. The first-order valence-electron chi connectivity index (χ1n) is 19.4. The average Bonchev–Trinajstić information content (AvgIpc) is 3.35. The van der Waals surface area contributed by atoms with Gasteiger partial charge in [-0.25, -0.2) is 0 Å². The number of aliphatic hydroxyl groups excluding tert-OH is 1. The zero-order valence-corrected chi connectivity index (χ0v) is 33.0. The predicted octanol–water partition coefficient (Wildman–Crippen LogP) is 6.35. The molecule has 10 heteroatoms. The Hall–Kier alpha value is -0.850. The number of nitrogens with zero attached hydrogens (tertiary/aromatic N) is 1. The second kappa shape index (κ2) is 16.9. The van der Waals surface area contributed by atoms with E-state index in [2.05, 4.69) is 67.3 Å². The number of rotatable bonds is 9. The van der Waals surface area contributed by atoms with E-state index in [0.717, 1.165) is 38.6 Å². The molecule has 4 rings (SSSR count). The van der Waals surface area contributed by atoms with E-state index in [1.165, 1.54) is 0 Å². The van der Waals surface area contributed by atoms with E-state index in [-0.39, 0.29) is 60.1 Å². The Labute approximate surface area is 297 Å². The highest BCUT2D eigenvalue weighted by Gasteiger charge is 2.55. The van der Waals surface area contributed by atoms with Crippen molar-refractivity contribution in [3.63, 3.8) is 0 Å². The Balaban J connectivity index is 1.78. The Morgan fingerprint density at radius 1 is 0.898 bits per heavy atom. The van der Waals surface area contributed by atoms with Gasteiger partial charge in [0.2, 0.25) is 0 Å². The van der Waals surface area contributed by atoms with Crippen molar-refractivity contribution in [2.45, 2.75) is 194 Å². The number of esters is 1. The van der Waals surface area contributed by atoms with Crippen LogP contribution in [0.4, 0.5) is 0 Å². The minimum Gasteiger partial charge on any atom is -0.462 e. The molecular formula is C39H71NO9. The Morgan fingerprint density at radius 3 is 2.22 bits per heavy atom. The van der Waals surface area contributed by atoms with Crippen molar-refractivity contribution >= 4 is 5.97 Å². The van der Waals surface area contributed by atoms with Crippen LogP contribution < -0.4 is 0 Å². The van der Waals surface area contributed by atoms with Gasteiger partial charge in [0.05, 0.1) is 47.6 Å². The van der Waals surface area contributed by atoms with Crippen LogP contribution in [0.25, 0.3) is 0 Å².